The number of anilines is 6. The van der Waals surface area contributed by atoms with Crippen molar-refractivity contribution in [2.24, 2.45) is 0 Å². The molecule has 0 saturated carbocycles. The zero-order chi connectivity index (χ0) is 26.5. The number of hydrogen-bond donors (Lipinski definition) is 3. The number of nitrogens with zero attached hydrogens (tertiary/aromatic N) is 4. The number of amides is 2. The number of carbonyl (C=O) groups is 2. The van der Waals surface area contributed by atoms with Gasteiger partial charge in [0.25, 0.3) is 5.91 Å². The van der Waals surface area contributed by atoms with E-state index >= 15 is 0 Å². The average Bonchev–Trinajstić information content (AvgIpc) is 2.87. The van der Waals surface area contributed by atoms with Gasteiger partial charge in [-0.1, -0.05) is 35.8 Å². The molecule has 2 aromatic carbocycles. The van der Waals surface area contributed by atoms with Gasteiger partial charge in [-0.25, -0.2) is 9.37 Å². The fraction of sp³-hybridized carbons (Fsp3) is 0.200. The number of rotatable bonds is 7. The lowest BCUT2D eigenvalue weighted by Gasteiger charge is -2.35. The van der Waals surface area contributed by atoms with Crippen molar-refractivity contribution in [3.8, 4) is 0 Å². The highest BCUT2D eigenvalue weighted by Crippen LogP contribution is 2.28. The van der Waals surface area contributed by atoms with Gasteiger partial charge in [-0.2, -0.15) is 4.98 Å². The summed E-state index contributed by atoms with van der Waals surface area (Å²) in [5, 5.41) is 8.67. The number of benzene rings is 2. The van der Waals surface area contributed by atoms with Crippen molar-refractivity contribution in [2.75, 3.05) is 47.0 Å². The first-order valence-electron chi connectivity index (χ1n) is 11.3. The zero-order valence-electron chi connectivity index (χ0n) is 19.9. The molecular formula is C25H24Cl2FN7O2. The van der Waals surface area contributed by atoms with Crippen LogP contribution in [0.15, 0.2) is 60.3 Å². The number of carbonyl (C=O) groups excluding carboxylic acids is 2. The Bertz CT molecular complexity index is 1350. The fourth-order valence-electron chi connectivity index (χ4n) is 3.73. The second-order valence-electron chi connectivity index (χ2n) is 8.24. The van der Waals surface area contributed by atoms with Crippen molar-refractivity contribution >= 4 is 69.5 Å². The van der Waals surface area contributed by atoms with Gasteiger partial charge in [-0.15, -0.1) is 0 Å². The molecule has 1 fully saturated rings. The molecule has 1 aromatic heterocycles. The predicted octanol–water partition coefficient (Wildman–Crippen LogP) is 5.12. The summed E-state index contributed by atoms with van der Waals surface area (Å²) in [5.74, 6) is -0.527. The van der Waals surface area contributed by atoms with Crippen LogP contribution in [0.2, 0.25) is 5.02 Å². The Hall–Kier alpha value is -3.89. The Morgan fingerprint density at radius 2 is 1.78 bits per heavy atom. The highest BCUT2D eigenvalue weighted by atomic mass is 35.5. The van der Waals surface area contributed by atoms with Crippen LogP contribution in [0.4, 0.5) is 38.9 Å². The SMILES string of the molecule is C=C(Cl)C(=O)Nc1cccc(Nc2nc(Nc3ccc(N4CCN(C(C)=O)CC4)cc3F)ncc2Cl)c1. The van der Waals surface area contributed by atoms with Gasteiger partial charge in [0.05, 0.1) is 16.9 Å². The van der Waals surface area contributed by atoms with Gasteiger partial charge in [0, 0.05) is 50.2 Å². The third-order valence-corrected chi connectivity index (χ3v) is 6.11. The molecule has 0 unspecified atom stereocenters. The van der Waals surface area contributed by atoms with Crippen molar-refractivity contribution in [2.45, 2.75) is 6.92 Å². The molecule has 0 atom stereocenters. The lowest BCUT2D eigenvalue weighted by atomic mass is 10.2. The minimum absolute atomic E-state index is 0.0410. The average molecular weight is 544 g/mol. The molecule has 3 N–H and O–H groups in total. The van der Waals surface area contributed by atoms with Crippen molar-refractivity contribution in [1.82, 2.24) is 14.9 Å². The van der Waals surface area contributed by atoms with Crippen LogP contribution in [0.5, 0.6) is 0 Å². The van der Waals surface area contributed by atoms with Crippen LogP contribution in [-0.4, -0.2) is 52.9 Å². The largest absolute Gasteiger partial charge is 0.368 e. The molecule has 192 valence electrons. The standard InChI is InChI=1S/C25H24Cl2FN7O2/c1-15(26)24(37)31-18-5-3-4-17(12-18)30-23-20(27)14-29-25(33-23)32-22-7-6-19(13-21(22)28)35-10-8-34(9-11-35)16(2)36/h3-7,12-14H,1,8-11H2,2H3,(H,31,37)(H2,29,30,32,33). The number of halogens is 3. The molecule has 37 heavy (non-hydrogen) atoms. The highest BCUT2D eigenvalue weighted by Gasteiger charge is 2.20. The van der Waals surface area contributed by atoms with Gasteiger partial charge >= 0.3 is 0 Å². The lowest BCUT2D eigenvalue weighted by Crippen LogP contribution is -2.48. The molecule has 1 aliphatic heterocycles. The first-order valence-corrected chi connectivity index (χ1v) is 12.1. The Morgan fingerprint density at radius 1 is 1.05 bits per heavy atom. The Kier molecular flexibility index (Phi) is 8.10. The van der Waals surface area contributed by atoms with Crippen LogP contribution in [0.1, 0.15) is 6.92 Å². The minimum atomic E-state index is -0.517. The Balaban J connectivity index is 1.45. The van der Waals surface area contributed by atoms with Gasteiger partial charge in [-0.3, -0.25) is 9.59 Å². The van der Waals surface area contributed by atoms with E-state index in [1.54, 1.807) is 48.2 Å². The molecule has 12 heteroatoms. The molecule has 0 radical (unpaired) electrons. The molecule has 4 rings (SSSR count). The summed E-state index contributed by atoms with van der Waals surface area (Å²) in [4.78, 5) is 35.6. The van der Waals surface area contributed by atoms with E-state index in [0.717, 1.165) is 5.69 Å². The van der Waals surface area contributed by atoms with Crippen LogP contribution >= 0.6 is 23.2 Å². The summed E-state index contributed by atoms with van der Waals surface area (Å²) in [7, 11) is 0. The maximum atomic E-state index is 14.9. The number of piperazine rings is 1. The smallest absolute Gasteiger partial charge is 0.266 e. The molecule has 0 aliphatic carbocycles. The van der Waals surface area contributed by atoms with Gasteiger partial charge in [0.15, 0.2) is 5.82 Å². The number of aromatic nitrogens is 2. The quantitative estimate of drug-likeness (QED) is 0.355. The second kappa shape index (κ2) is 11.4. The zero-order valence-corrected chi connectivity index (χ0v) is 21.4. The van der Waals surface area contributed by atoms with Crippen molar-refractivity contribution in [1.29, 1.82) is 0 Å². The molecule has 1 aliphatic rings. The Morgan fingerprint density at radius 3 is 2.46 bits per heavy atom. The first-order chi connectivity index (χ1) is 17.7. The van der Waals surface area contributed by atoms with Gasteiger partial charge < -0.3 is 25.8 Å². The van der Waals surface area contributed by atoms with Crippen LogP contribution < -0.4 is 20.9 Å². The third kappa shape index (κ3) is 6.66. The summed E-state index contributed by atoms with van der Waals surface area (Å²) in [6, 6.07) is 11.7. The van der Waals surface area contributed by atoms with E-state index in [0.29, 0.717) is 37.6 Å². The maximum absolute atomic E-state index is 14.9. The summed E-state index contributed by atoms with van der Waals surface area (Å²) in [6.07, 6.45) is 1.39. The van der Waals surface area contributed by atoms with E-state index in [1.807, 2.05) is 4.90 Å². The normalized spacial score (nSPS) is 13.2. The summed E-state index contributed by atoms with van der Waals surface area (Å²) >= 11 is 11.9. The van der Waals surface area contributed by atoms with Crippen LogP contribution in [0.25, 0.3) is 0 Å². The van der Waals surface area contributed by atoms with E-state index in [1.165, 1.54) is 12.3 Å². The van der Waals surface area contributed by atoms with Gasteiger partial charge in [0.2, 0.25) is 11.9 Å². The fourth-order valence-corrected chi connectivity index (χ4v) is 3.91. The van der Waals surface area contributed by atoms with E-state index in [4.69, 9.17) is 23.2 Å². The monoisotopic (exact) mass is 543 g/mol. The summed E-state index contributed by atoms with van der Waals surface area (Å²) < 4.78 is 14.9. The lowest BCUT2D eigenvalue weighted by molar-refractivity contribution is -0.129. The van der Waals surface area contributed by atoms with E-state index < -0.39 is 11.7 Å². The molecule has 2 heterocycles. The number of nitrogens with one attached hydrogen (secondary N) is 3. The summed E-state index contributed by atoms with van der Waals surface area (Å²) in [6.45, 7) is 7.41. The van der Waals surface area contributed by atoms with E-state index in [2.05, 4.69) is 32.5 Å². The Labute approximate surface area is 223 Å². The molecular weight excluding hydrogens is 520 g/mol. The predicted molar refractivity (Wildman–Crippen MR) is 145 cm³/mol. The second-order valence-corrected chi connectivity index (χ2v) is 9.10. The molecule has 0 bridgehead atoms. The maximum Gasteiger partial charge on any atom is 0.266 e. The van der Waals surface area contributed by atoms with E-state index in [9.17, 15) is 14.0 Å². The van der Waals surface area contributed by atoms with Gasteiger partial charge in [-0.05, 0) is 36.4 Å². The molecule has 3 aromatic rings. The van der Waals surface area contributed by atoms with Crippen LogP contribution in [0, 0.1) is 5.82 Å². The number of hydrogen-bond acceptors (Lipinski definition) is 7. The highest BCUT2D eigenvalue weighted by molar-refractivity contribution is 6.43. The van der Waals surface area contributed by atoms with Crippen molar-refractivity contribution in [3.63, 3.8) is 0 Å². The summed E-state index contributed by atoms with van der Waals surface area (Å²) in [5.41, 5.74) is 2.01. The van der Waals surface area contributed by atoms with Gasteiger partial charge in [0.1, 0.15) is 10.8 Å². The molecule has 2 amide bonds. The minimum Gasteiger partial charge on any atom is -0.368 e. The molecule has 1 saturated heterocycles. The molecule has 9 nitrogen and oxygen atoms in total. The molecule has 0 spiro atoms. The van der Waals surface area contributed by atoms with Crippen molar-refractivity contribution in [3.05, 3.63) is 71.1 Å². The topological polar surface area (TPSA) is 102 Å². The van der Waals surface area contributed by atoms with Crippen molar-refractivity contribution < 1.29 is 14.0 Å². The van der Waals surface area contributed by atoms with Crippen LogP contribution in [-0.2, 0) is 9.59 Å². The van der Waals surface area contributed by atoms with E-state index in [-0.39, 0.29) is 33.4 Å². The first kappa shape index (κ1) is 26.2. The third-order valence-electron chi connectivity index (χ3n) is 5.66. The van der Waals surface area contributed by atoms with Crippen LogP contribution in [0.3, 0.4) is 0 Å².